The highest BCUT2D eigenvalue weighted by atomic mass is 19.1. The number of nitriles is 1. The van der Waals surface area contributed by atoms with Crippen molar-refractivity contribution in [1.82, 2.24) is 4.98 Å². The van der Waals surface area contributed by atoms with E-state index in [0.717, 1.165) is 16.8 Å². The second-order valence-corrected chi connectivity index (χ2v) is 8.41. The Morgan fingerprint density at radius 3 is 2.66 bits per heavy atom. The van der Waals surface area contributed by atoms with Crippen LogP contribution in [0.5, 0.6) is 5.75 Å². The number of hydrogen-bond donors (Lipinski definition) is 2. The molecule has 0 saturated heterocycles. The van der Waals surface area contributed by atoms with Crippen molar-refractivity contribution in [3.63, 3.8) is 0 Å². The highest BCUT2D eigenvalue weighted by Gasteiger charge is 2.37. The van der Waals surface area contributed by atoms with Gasteiger partial charge in [-0.1, -0.05) is 18.2 Å². The maximum Gasteiger partial charge on any atom is 0.344 e. The maximum atomic E-state index is 15.6. The van der Waals surface area contributed by atoms with E-state index < -0.39 is 17.4 Å². The highest BCUT2D eigenvalue weighted by molar-refractivity contribution is 5.86. The van der Waals surface area contributed by atoms with Gasteiger partial charge in [0.25, 0.3) is 0 Å². The minimum atomic E-state index is -1.12. The normalized spacial score (nSPS) is 15.0. The molecule has 0 saturated carbocycles. The number of allylic oxidation sites excluding steroid dienone is 1. The van der Waals surface area contributed by atoms with Gasteiger partial charge in [0.1, 0.15) is 23.0 Å². The summed E-state index contributed by atoms with van der Waals surface area (Å²) in [5, 5.41) is 19.6. The predicted octanol–water partition coefficient (Wildman–Crippen LogP) is 4.32. The van der Waals surface area contributed by atoms with Gasteiger partial charge >= 0.3 is 5.63 Å². The Bertz CT molecular complexity index is 1650. The van der Waals surface area contributed by atoms with Gasteiger partial charge in [-0.3, -0.25) is 4.98 Å². The van der Waals surface area contributed by atoms with Crippen LogP contribution in [0.15, 0.2) is 69.3 Å². The van der Waals surface area contributed by atoms with Gasteiger partial charge in [-0.05, 0) is 54.8 Å². The Kier molecular flexibility index (Phi) is 5.35. The number of benzene rings is 2. The van der Waals surface area contributed by atoms with Crippen LogP contribution in [0.4, 0.5) is 4.39 Å². The van der Waals surface area contributed by atoms with Crippen molar-refractivity contribution in [2.24, 2.45) is 5.73 Å². The monoisotopic (exact) mass is 469 g/mol. The minimum absolute atomic E-state index is 0.0144. The molecule has 174 valence electrons. The Morgan fingerprint density at radius 2 is 1.97 bits per heavy atom. The average molecular weight is 469 g/mol. The summed E-state index contributed by atoms with van der Waals surface area (Å²) in [6.45, 7) is 3.58. The van der Waals surface area contributed by atoms with Crippen LogP contribution in [-0.4, -0.2) is 10.1 Å². The van der Waals surface area contributed by atoms with Gasteiger partial charge in [0.15, 0.2) is 5.75 Å². The molecule has 8 heteroatoms. The molecule has 2 aromatic carbocycles. The van der Waals surface area contributed by atoms with E-state index in [0.29, 0.717) is 16.5 Å². The number of aliphatic hydroxyl groups excluding tert-OH is 1. The molecule has 35 heavy (non-hydrogen) atoms. The lowest BCUT2D eigenvalue weighted by atomic mass is 9.83. The second-order valence-electron chi connectivity index (χ2n) is 8.41. The SMILES string of the molecule is Cc1cc(-c2ccc(C3C(C#N)=C(N)Oc4c3c(=O)oc3cc(CO)ccc43)c(F)c2)cnc1C. The molecule has 0 amide bonds. The number of aliphatic hydroxyl groups is 1. The summed E-state index contributed by atoms with van der Waals surface area (Å²) in [6, 6.07) is 13.2. The molecule has 0 fully saturated rings. The van der Waals surface area contributed by atoms with E-state index in [4.69, 9.17) is 14.9 Å². The summed E-state index contributed by atoms with van der Waals surface area (Å²) in [7, 11) is 0. The first-order valence-corrected chi connectivity index (χ1v) is 10.8. The van der Waals surface area contributed by atoms with Gasteiger partial charge in [-0.2, -0.15) is 5.26 Å². The van der Waals surface area contributed by atoms with Gasteiger partial charge in [0.2, 0.25) is 5.88 Å². The number of aryl methyl sites for hydroxylation is 2. The number of pyridine rings is 1. The van der Waals surface area contributed by atoms with E-state index in [1.54, 1.807) is 24.4 Å². The van der Waals surface area contributed by atoms with Crippen molar-refractivity contribution in [2.45, 2.75) is 26.4 Å². The van der Waals surface area contributed by atoms with E-state index in [1.165, 1.54) is 18.2 Å². The van der Waals surface area contributed by atoms with E-state index >= 15 is 4.39 Å². The fourth-order valence-electron chi connectivity index (χ4n) is 4.31. The number of nitrogens with zero attached hydrogens (tertiary/aromatic N) is 2. The summed E-state index contributed by atoms with van der Waals surface area (Å²) in [6.07, 6.45) is 1.67. The molecule has 0 bridgehead atoms. The molecule has 1 aliphatic heterocycles. The number of rotatable bonds is 3. The number of halogens is 1. The third-order valence-corrected chi connectivity index (χ3v) is 6.30. The molecule has 0 aliphatic carbocycles. The number of fused-ring (bicyclic) bond motifs is 3. The quantitative estimate of drug-likeness (QED) is 0.428. The molecule has 1 aliphatic rings. The Balaban J connectivity index is 1.71. The number of hydrogen-bond acceptors (Lipinski definition) is 7. The van der Waals surface area contributed by atoms with Crippen molar-refractivity contribution in [1.29, 1.82) is 5.26 Å². The smallest absolute Gasteiger partial charge is 0.344 e. The first kappa shape index (κ1) is 22.3. The van der Waals surface area contributed by atoms with Crippen LogP contribution < -0.4 is 16.1 Å². The summed E-state index contributed by atoms with van der Waals surface area (Å²) >= 11 is 0. The lowest BCUT2D eigenvalue weighted by molar-refractivity contribution is 0.282. The Labute approximate surface area is 199 Å². The first-order valence-electron chi connectivity index (χ1n) is 10.8. The van der Waals surface area contributed by atoms with Crippen LogP contribution in [0.2, 0.25) is 0 Å². The molecular formula is C27H20FN3O4. The molecule has 1 atom stereocenters. The third kappa shape index (κ3) is 3.63. The van der Waals surface area contributed by atoms with Crippen LogP contribution in [0.3, 0.4) is 0 Å². The van der Waals surface area contributed by atoms with Crippen molar-refractivity contribution >= 4 is 11.0 Å². The van der Waals surface area contributed by atoms with E-state index in [9.17, 15) is 15.2 Å². The van der Waals surface area contributed by atoms with Crippen LogP contribution in [0.1, 0.15) is 33.9 Å². The fourth-order valence-corrected chi connectivity index (χ4v) is 4.31. The standard InChI is InChI=1S/C27H20FN3O4/c1-13-7-17(11-31-14(13)2)16-4-6-18(21(28)9-16)23-20(10-29)26(30)35-25-19-5-3-15(12-32)8-22(19)34-27(33)24(23)25/h3-9,11,23,32H,12,30H2,1-2H3. The van der Waals surface area contributed by atoms with Crippen molar-refractivity contribution < 1.29 is 18.7 Å². The Hall–Kier alpha value is -4.48. The number of aromatic nitrogens is 1. The summed E-state index contributed by atoms with van der Waals surface area (Å²) in [4.78, 5) is 17.4. The molecule has 4 aromatic rings. The highest BCUT2D eigenvalue weighted by Crippen LogP contribution is 2.44. The zero-order chi connectivity index (χ0) is 24.9. The predicted molar refractivity (Wildman–Crippen MR) is 127 cm³/mol. The van der Waals surface area contributed by atoms with E-state index in [2.05, 4.69) is 4.98 Å². The molecule has 1 unspecified atom stereocenters. The van der Waals surface area contributed by atoms with Crippen molar-refractivity contribution in [2.75, 3.05) is 0 Å². The van der Waals surface area contributed by atoms with Crippen LogP contribution >= 0.6 is 0 Å². The molecule has 3 N–H and O–H groups in total. The molecular weight excluding hydrogens is 449 g/mol. The van der Waals surface area contributed by atoms with Crippen LogP contribution in [0, 0.1) is 31.0 Å². The lowest BCUT2D eigenvalue weighted by Gasteiger charge is -2.26. The zero-order valence-electron chi connectivity index (χ0n) is 18.9. The number of nitrogens with two attached hydrogens (primary N) is 1. The second kappa shape index (κ2) is 8.38. The number of ether oxygens (including phenoxy) is 1. The summed E-state index contributed by atoms with van der Waals surface area (Å²) in [5.74, 6) is -1.85. The summed E-state index contributed by atoms with van der Waals surface area (Å²) < 4.78 is 26.8. The van der Waals surface area contributed by atoms with E-state index in [-0.39, 0.29) is 40.5 Å². The largest absolute Gasteiger partial charge is 0.439 e. The topological polar surface area (TPSA) is 122 Å². The van der Waals surface area contributed by atoms with Gasteiger partial charge < -0.3 is 20.0 Å². The van der Waals surface area contributed by atoms with Gasteiger partial charge in [-0.25, -0.2) is 9.18 Å². The zero-order valence-corrected chi connectivity index (χ0v) is 18.9. The van der Waals surface area contributed by atoms with Gasteiger partial charge in [0, 0.05) is 23.0 Å². The molecule has 5 rings (SSSR count). The van der Waals surface area contributed by atoms with Crippen LogP contribution in [0.25, 0.3) is 22.1 Å². The molecule has 3 heterocycles. The minimum Gasteiger partial charge on any atom is -0.439 e. The summed E-state index contributed by atoms with van der Waals surface area (Å²) in [5.41, 5.74) is 9.20. The molecule has 0 spiro atoms. The fraction of sp³-hybridized carbons (Fsp3) is 0.148. The van der Waals surface area contributed by atoms with Crippen LogP contribution in [-0.2, 0) is 6.61 Å². The van der Waals surface area contributed by atoms with E-state index in [1.807, 2.05) is 26.0 Å². The average Bonchev–Trinajstić information content (AvgIpc) is 2.84. The Morgan fingerprint density at radius 1 is 1.17 bits per heavy atom. The molecule has 7 nitrogen and oxygen atoms in total. The lowest BCUT2D eigenvalue weighted by Crippen LogP contribution is -2.27. The third-order valence-electron chi connectivity index (χ3n) is 6.30. The molecule has 0 radical (unpaired) electrons. The van der Waals surface area contributed by atoms with Crippen molar-refractivity contribution in [3.8, 4) is 22.9 Å². The maximum absolute atomic E-state index is 15.6. The van der Waals surface area contributed by atoms with Gasteiger partial charge in [-0.15, -0.1) is 0 Å². The van der Waals surface area contributed by atoms with Gasteiger partial charge in [0.05, 0.1) is 23.5 Å². The van der Waals surface area contributed by atoms with Crippen molar-refractivity contribution in [3.05, 3.63) is 104 Å². The first-order chi connectivity index (χ1) is 16.8. The molecule has 2 aromatic heterocycles.